The van der Waals surface area contributed by atoms with Crippen molar-refractivity contribution in [3.05, 3.63) is 0 Å². The van der Waals surface area contributed by atoms with Gasteiger partial charge in [0.05, 0.1) is 5.60 Å². The maximum atomic E-state index is 10.2. The topological polar surface area (TPSA) is 41.5 Å². The van der Waals surface area contributed by atoms with Crippen LogP contribution in [-0.2, 0) is 4.74 Å². The molecule has 82 valence electrons. The summed E-state index contributed by atoms with van der Waals surface area (Å²) in [5, 5.41) is 13.7. The van der Waals surface area contributed by atoms with Gasteiger partial charge >= 0.3 is 0 Å². The minimum atomic E-state index is -0.499. The number of nitrogens with one attached hydrogen (secondary N) is 1. The van der Waals surface area contributed by atoms with Gasteiger partial charge in [0.1, 0.15) is 0 Å². The van der Waals surface area contributed by atoms with Crippen molar-refractivity contribution in [2.75, 3.05) is 19.8 Å². The molecule has 0 bridgehead atoms. The number of hydrogen-bond donors (Lipinski definition) is 2. The van der Waals surface area contributed by atoms with Crippen molar-refractivity contribution in [3.8, 4) is 0 Å². The van der Waals surface area contributed by atoms with E-state index < -0.39 is 5.60 Å². The van der Waals surface area contributed by atoms with Gasteiger partial charge in [-0.05, 0) is 12.8 Å². The molecule has 0 spiro atoms. The van der Waals surface area contributed by atoms with Gasteiger partial charge in [0.25, 0.3) is 0 Å². The number of rotatable bonds is 3. The molecule has 1 aliphatic carbocycles. The zero-order valence-corrected chi connectivity index (χ0v) is 8.80. The summed E-state index contributed by atoms with van der Waals surface area (Å²) < 4.78 is 5.25. The van der Waals surface area contributed by atoms with E-state index in [2.05, 4.69) is 5.32 Å². The second kappa shape index (κ2) is 4.60. The van der Waals surface area contributed by atoms with Gasteiger partial charge in [-0.25, -0.2) is 0 Å². The third-order valence-corrected chi connectivity index (χ3v) is 3.50. The smallest absolute Gasteiger partial charge is 0.0815 e. The first kappa shape index (κ1) is 10.4. The lowest BCUT2D eigenvalue weighted by Gasteiger charge is -2.33. The molecule has 2 fully saturated rings. The second-order valence-electron chi connectivity index (χ2n) is 4.70. The SMILES string of the molecule is OC1(CNC2CCCC2)CCOCC1. The number of hydrogen-bond acceptors (Lipinski definition) is 3. The van der Waals surface area contributed by atoms with Crippen LogP contribution in [0.2, 0.25) is 0 Å². The predicted octanol–water partition coefficient (Wildman–Crippen LogP) is 1.06. The number of aliphatic hydroxyl groups is 1. The average Bonchev–Trinajstić information content (AvgIpc) is 2.69. The van der Waals surface area contributed by atoms with E-state index in [1.54, 1.807) is 0 Å². The first-order chi connectivity index (χ1) is 6.79. The van der Waals surface area contributed by atoms with Gasteiger partial charge in [0, 0.05) is 38.6 Å². The predicted molar refractivity (Wildman–Crippen MR) is 55.3 cm³/mol. The van der Waals surface area contributed by atoms with Crippen LogP contribution < -0.4 is 5.32 Å². The fourth-order valence-electron chi connectivity index (χ4n) is 2.39. The molecule has 3 nitrogen and oxygen atoms in total. The Bertz CT molecular complexity index is 172. The normalized spacial score (nSPS) is 28.1. The Labute approximate surface area is 85.8 Å². The molecule has 0 atom stereocenters. The molecule has 0 aromatic rings. The summed E-state index contributed by atoms with van der Waals surface area (Å²) in [6.07, 6.45) is 6.83. The molecule has 0 amide bonds. The molecule has 0 unspecified atom stereocenters. The van der Waals surface area contributed by atoms with Crippen molar-refractivity contribution >= 4 is 0 Å². The van der Waals surface area contributed by atoms with Crippen LogP contribution in [0.4, 0.5) is 0 Å². The summed E-state index contributed by atoms with van der Waals surface area (Å²) in [5.74, 6) is 0. The van der Waals surface area contributed by atoms with Gasteiger partial charge in [-0.2, -0.15) is 0 Å². The van der Waals surface area contributed by atoms with Crippen molar-refractivity contribution in [3.63, 3.8) is 0 Å². The molecule has 2 rings (SSSR count). The van der Waals surface area contributed by atoms with Gasteiger partial charge in [0.2, 0.25) is 0 Å². The van der Waals surface area contributed by atoms with Crippen LogP contribution in [-0.4, -0.2) is 36.5 Å². The minimum absolute atomic E-state index is 0.499. The van der Waals surface area contributed by atoms with Crippen LogP contribution in [0.1, 0.15) is 38.5 Å². The highest BCUT2D eigenvalue weighted by atomic mass is 16.5. The van der Waals surface area contributed by atoms with Gasteiger partial charge in [-0.1, -0.05) is 12.8 Å². The summed E-state index contributed by atoms with van der Waals surface area (Å²) in [4.78, 5) is 0. The Hall–Kier alpha value is -0.120. The zero-order valence-electron chi connectivity index (χ0n) is 8.80. The molecule has 1 saturated carbocycles. The third kappa shape index (κ3) is 2.69. The van der Waals surface area contributed by atoms with E-state index in [1.165, 1.54) is 25.7 Å². The molecule has 14 heavy (non-hydrogen) atoms. The molecule has 1 heterocycles. The molecule has 1 saturated heterocycles. The van der Waals surface area contributed by atoms with Gasteiger partial charge in [-0.15, -0.1) is 0 Å². The Kier molecular flexibility index (Phi) is 3.42. The van der Waals surface area contributed by atoms with E-state index in [-0.39, 0.29) is 0 Å². The fraction of sp³-hybridized carbons (Fsp3) is 1.00. The Balaban J connectivity index is 1.72. The molecule has 1 aliphatic heterocycles. The van der Waals surface area contributed by atoms with E-state index in [4.69, 9.17) is 4.74 Å². The maximum Gasteiger partial charge on any atom is 0.0815 e. The highest BCUT2D eigenvalue weighted by Crippen LogP contribution is 2.22. The second-order valence-corrected chi connectivity index (χ2v) is 4.70. The molecule has 2 N–H and O–H groups in total. The van der Waals surface area contributed by atoms with Crippen LogP contribution in [0.5, 0.6) is 0 Å². The van der Waals surface area contributed by atoms with Crippen molar-refractivity contribution in [1.29, 1.82) is 0 Å². The zero-order chi connectivity index (χ0) is 9.86. The molecule has 0 aromatic carbocycles. The summed E-state index contributed by atoms with van der Waals surface area (Å²) >= 11 is 0. The molecular formula is C11H21NO2. The minimum Gasteiger partial charge on any atom is -0.388 e. The van der Waals surface area contributed by atoms with E-state index in [0.717, 1.165) is 19.4 Å². The van der Waals surface area contributed by atoms with E-state index in [0.29, 0.717) is 19.3 Å². The van der Waals surface area contributed by atoms with Gasteiger partial charge < -0.3 is 15.2 Å². The van der Waals surface area contributed by atoms with Crippen molar-refractivity contribution in [2.45, 2.75) is 50.2 Å². The van der Waals surface area contributed by atoms with E-state index in [1.807, 2.05) is 0 Å². The van der Waals surface area contributed by atoms with Crippen LogP contribution in [0.3, 0.4) is 0 Å². The lowest BCUT2D eigenvalue weighted by molar-refractivity contribution is -0.0626. The van der Waals surface area contributed by atoms with Crippen LogP contribution >= 0.6 is 0 Å². The van der Waals surface area contributed by atoms with Crippen LogP contribution in [0.15, 0.2) is 0 Å². The summed E-state index contributed by atoms with van der Waals surface area (Å²) in [5.41, 5.74) is -0.499. The van der Waals surface area contributed by atoms with Crippen LogP contribution in [0.25, 0.3) is 0 Å². The summed E-state index contributed by atoms with van der Waals surface area (Å²) in [6.45, 7) is 2.17. The average molecular weight is 199 g/mol. The Morgan fingerprint density at radius 3 is 2.50 bits per heavy atom. The lowest BCUT2D eigenvalue weighted by Crippen LogP contribution is -2.47. The lowest BCUT2D eigenvalue weighted by atomic mass is 9.94. The summed E-state index contributed by atoms with van der Waals surface area (Å²) in [6, 6.07) is 0.655. The van der Waals surface area contributed by atoms with Crippen LogP contribution in [0, 0.1) is 0 Å². The van der Waals surface area contributed by atoms with Crippen molar-refractivity contribution < 1.29 is 9.84 Å². The largest absolute Gasteiger partial charge is 0.388 e. The van der Waals surface area contributed by atoms with Gasteiger partial charge in [-0.3, -0.25) is 0 Å². The molecule has 0 radical (unpaired) electrons. The quantitative estimate of drug-likeness (QED) is 0.714. The monoisotopic (exact) mass is 199 g/mol. The number of ether oxygens (including phenoxy) is 1. The standard InChI is InChI=1S/C11H21NO2/c13-11(5-7-14-8-6-11)9-12-10-3-1-2-4-10/h10,12-13H,1-9H2. The highest BCUT2D eigenvalue weighted by molar-refractivity contribution is 4.86. The maximum absolute atomic E-state index is 10.2. The van der Waals surface area contributed by atoms with E-state index in [9.17, 15) is 5.11 Å². The first-order valence-electron chi connectivity index (χ1n) is 5.82. The van der Waals surface area contributed by atoms with E-state index >= 15 is 0 Å². The highest BCUT2D eigenvalue weighted by Gasteiger charge is 2.30. The van der Waals surface area contributed by atoms with Crippen molar-refractivity contribution in [2.24, 2.45) is 0 Å². The summed E-state index contributed by atoms with van der Waals surface area (Å²) in [7, 11) is 0. The third-order valence-electron chi connectivity index (χ3n) is 3.50. The molecule has 3 heteroatoms. The fourth-order valence-corrected chi connectivity index (χ4v) is 2.39. The molecule has 2 aliphatic rings. The van der Waals surface area contributed by atoms with Gasteiger partial charge in [0.15, 0.2) is 0 Å². The van der Waals surface area contributed by atoms with Crippen molar-refractivity contribution in [1.82, 2.24) is 5.32 Å². The Morgan fingerprint density at radius 2 is 1.86 bits per heavy atom. The molecular weight excluding hydrogens is 178 g/mol. The first-order valence-corrected chi connectivity index (χ1v) is 5.82. The molecule has 0 aromatic heterocycles. The Morgan fingerprint density at radius 1 is 1.21 bits per heavy atom.